The zero-order valence-electron chi connectivity index (χ0n) is 13.6. The molecule has 1 heterocycles. The second-order valence-corrected chi connectivity index (χ2v) is 5.79. The number of carbonyl (C=O) groups is 1. The molecule has 0 saturated carbocycles. The van der Waals surface area contributed by atoms with Crippen LogP contribution in [0.3, 0.4) is 0 Å². The van der Waals surface area contributed by atoms with E-state index >= 15 is 0 Å². The molecule has 1 amide bonds. The fraction of sp³-hybridized carbons (Fsp3) is 0.929. The molecule has 0 aromatic heterocycles. The van der Waals surface area contributed by atoms with E-state index in [1.54, 1.807) is 6.92 Å². The van der Waals surface area contributed by atoms with Gasteiger partial charge in [-0.15, -0.1) is 0 Å². The SMILES string of the molecule is CCC(=O)N[C@H](COC1OC(CO)C(O)C(O)C1O)[C@H](O)[C@H](C)O. The summed E-state index contributed by atoms with van der Waals surface area (Å²) in [7, 11) is 0. The fourth-order valence-corrected chi connectivity index (χ4v) is 2.27. The summed E-state index contributed by atoms with van der Waals surface area (Å²) < 4.78 is 10.4. The third-order valence-electron chi connectivity index (χ3n) is 3.86. The average molecular weight is 353 g/mol. The normalized spacial score (nSPS) is 34.4. The van der Waals surface area contributed by atoms with E-state index in [0.717, 1.165) is 0 Å². The highest BCUT2D eigenvalue weighted by atomic mass is 16.7. The molecule has 0 aromatic carbocycles. The molecule has 0 aliphatic carbocycles. The molecule has 1 aliphatic heterocycles. The van der Waals surface area contributed by atoms with Crippen molar-refractivity contribution in [2.75, 3.05) is 13.2 Å². The molecule has 5 unspecified atom stereocenters. The third kappa shape index (κ3) is 5.33. The van der Waals surface area contributed by atoms with Crippen LogP contribution in [-0.4, -0.2) is 98.7 Å². The van der Waals surface area contributed by atoms with Crippen molar-refractivity contribution >= 4 is 5.91 Å². The first-order valence-corrected chi connectivity index (χ1v) is 7.80. The van der Waals surface area contributed by atoms with Gasteiger partial charge in [0.15, 0.2) is 6.29 Å². The Balaban J connectivity index is 2.71. The number of hydrogen-bond donors (Lipinski definition) is 7. The number of ether oxygens (including phenoxy) is 2. The van der Waals surface area contributed by atoms with Crippen molar-refractivity contribution in [3.05, 3.63) is 0 Å². The lowest BCUT2D eigenvalue weighted by Gasteiger charge is -2.40. The molecule has 7 N–H and O–H groups in total. The van der Waals surface area contributed by atoms with Gasteiger partial charge in [-0.3, -0.25) is 4.79 Å². The minimum absolute atomic E-state index is 0.156. The van der Waals surface area contributed by atoms with E-state index in [0.29, 0.717) is 0 Å². The van der Waals surface area contributed by atoms with E-state index in [1.165, 1.54) is 6.92 Å². The summed E-state index contributed by atoms with van der Waals surface area (Å²) in [6.45, 7) is 2.01. The standard InChI is InChI=1S/C14H27NO9/c1-3-9(18)15-7(10(19)6(2)17)5-23-14-13(22)12(21)11(20)8(4-16)24-14/h6-8,10-14,16-17,19-22H,3-5H2,1-2H3,(H,15,18)/t6-,7+,8?,10+,11?,12?,13?,14?/m0/s1. The molecule has 1 aliphatic rings. The van der Waals surface area contributed by atoms with Crippen LogP contribution in [-0.2, 0) is 14.3 Å². The summed E-state index contributed by atoms with van der Waals surface area (Å²) in [6.07, 6.45) is -9.52. The van der Waals surface area contributed by atoms with E-state index in [-0.39, 0.29) is 18.9 Å². The zero-order chi connectivity index (χ0) is 18.4. The Kier molecular flexibility index (Phi) is 8.46. The molecule has 0 bridgehead atoms. The topological polar surface area (TPSA) is 169 Å². The van der Waals surface area contributed by atoms with E-state index in [1.807, 2.05) is 0 Å². The number of aliphatic hydroxyl groups excluding tert-OH is 6. The van der Waals surface area contributed by atoms with Crippen molar-refractivity contribution in [3.8, 4) is 0 Å². The van der Waals surface area contributed by atoms with Crippen LogP contribution in [0.2, 0.25) is 0 Å². The summed E-state index contributed by atoms with van der Waals surface area (Å²) in [5.74, 6) is -0.378. The van der Waals surface area contributed by atoms with Gasteiger partial charge in [0.05, 0.1) is 25.4 Å². The summed E-state index contributed by atoms with van der Waals surface area (Å²) in [6, 6.07) is -0.982. The van der Waals surface area contributed by atoms with Crippen LogP contribution in [0.15, 0.2) is 0 Å². The van der Waals surface area contributed by atoms with E-state index in [4.69, 9.17) is 14.6 Å². The Bertz CT molecular complexity index is 392. The van der Waals surface area contributed by atoms with Crippen molar-refractivity contribution in [3.63, 3.8) is 0 Å². The smallest absolute Gasteiger partial charge is 0.220 e. The van der Waals surface area contributed by atoms with E-state index in [9.17, 15) is 30.3 Å². The average Bonchev–Trinajstić information content (AvgIpc) is 2.56. The van der Waals surface area contributed by atoms with Crippen molar-refractivity contribution in [1.29, 1.82) is 0 Å². The van der Waals surface area contributed by atoms with Crippen molar-refractivity contribution in [2.24, 2.45) is 0 Å². The number of hydrogen-bond acceptors (Lipinski definition) is 9. The van der Waals surface area contributed by atoms with Gasteiger partial charge >= 0.3 is 0 Å². The largest absolute Gasteiger partial charge is 0.394 e. The number of rotatable bonds is 8. The monoisotopic (exact) mass is 353 g/mol. The molecule has 10 heteroatoms. The second kappa shape index (κ2) is 9.59. The Hall–Kier alpha value is -0.850. The fourth-order valence-electron chi connectivity index (χ4n) is 2.27. The quantitative estimate of drug-likeness (QED) is 0.233. The van der Waals surface area contributed by atoms with Gasteiger partial charge in [-0.25, -0.2) is 0 Å². The lowest BCUT2D eigenvalue weighted by atomic mass is 9.99. The van der Waals surface area contributed by atoms with Crippen LogP contribution in [0.5, 0.6) is 0 Å². The van der Waals surface area contributed by atoms with Crippen LogP contribution in [0, 0.1) is 0 Å². The highest BCUT2D eigenvalue weighted by molar-refractivity contribution is 5.75. The molecule has 1 fully saturated rings. The van der Waals surface area contributed by atoms with E-state index < -0.39 is 55.6 Å². The van der Waals surface area contributed by atoms with Crippen LogP contribution in [0.4, 0.5) is 0 Å². The predicted molar refractivity (Wildman–Crippen MR) is 79.6 cm³/mol. The lowest BCUT2D eigenvalue weighted by Crippen LogP contribution is -2.60. The maximum atomic E-state index is 11.5. The van der Waals surface area contributed by atoms with Gasteiger partial charge in [-0.05, 0) is 6.92 Å². The molecule has 0 aromatic rings. The summed E-state index contributed by atoms with van der Waals surface area (Å²) in [5, 5.41) is 60.2. The van der Waals surface area contributed by atoms with Crippen molar-refractivity contribution in [1.82, 2.24) is 5.32 Å². The Morgan fingerprint density at radius 1 is 1.21 bits per heavy atom. The number of amides is 1. The first-order chi connectivity index (χ1) is 11.2. The molecule has 0 spiro atoms. The maximum Gasteiger partial charge on any atom is 0.220 e. The third-order valence-corrected chi connectivity index (χ3v) is 3.86. The molecule has 24 heavy (non-hydrogen) atoms. The molecule has 10 nitrogen and oxygen atoms in total. The van der Waals surface area contributed by atoms with Crippen LogP contribution in [0.1, 0.15) is 20.3 Å². The minimum Gasteiger partial charge on any atom is -0.394 e. The van der Waals surface area contributed by atoms with Crippen LogP contribution in [0.25, 0.3) is 0 Å². The molecular weight excluding hydrogens is 326 g/mol. The van der Waals surface area contributed by atoms with Gasteiger partial charge in [0.25, 0.3) is 0 Å². The van der Waals surface area contributed by atoms with Gasteiger partial charge in [-0.2, -0.15) is 0 Å². The van der Waals surface area contributed by atoms with Gasteiger partial charge in [0.1, 0.15) is 30.5 Å². The molecule has 142 valence electrons. The summed E-state index contributed by atoms with van der Waals surface area (Å²) >= 11 is 0. The molecule has 0 radical (unpaired) electrons. The highest BCUT2D eigenvalue weighted by Gasteiger charge is 2.44. The minimum atomic E-state index is -1.59. The first kappa shape index (κ1) is 21.2. The van der Waals surface area contributed by atoms with E-state index in [2.05, 4.69) is 5.32 Å². The molecule has 1 rings (SSSR count). The second-order valence-electron chi connectivity index (χ2n) is 5.79. The van der Waals surface area contributed by atoms with Gasteiger partial charge < -0.3 is 45.4 Å². The summed E-state index contributed by atoms with van der Waals surface area (Å²) in [4.78, 5) is 11.5. The molecule has 1 saturated heterocycles. The number of nitrogens with one attached hydrogen (secondary N) is 1. The van der Waals surface area contributed by atoms with Gasteiger partial charge in [0.2, 0.25) is 5.91 Å². The van der Waals surface area contributed by atoms with Crippen molar-refractivity contribution < 1.29 is 44.9 Å². The number of aliphatic hydroxyl groups is 6. The number of carbonyl (C=O) groups excluding carboxylic acids is 1. The molecule has 8 atom stereocenters. The van der Waals surface area contributed by atoms with Crippen LogP contribution >= 0.6 is 0 Å². The first-order valence-electron chi connectivity index (χ1n) is 7.80. The maximum absolute atomic E-state index is 11.5. The molecular formula is C14H27NO9. The van der Waals surface area contributed by atoms with Crippen molar-refractivity contribution in [2.45, 2.75) is 69.2 Å². The Morgan fingerprint density at radius 3 is 2.33 bits per heavy atom. The Morgan fingerprint density at radius 2 is 1.83 bits per heavy atom. The van der Waals surface area contributed by atoms with Gasteiger partial charge in [-0.1, -0.05) is 6.92 Å². The highest BCUT2D eigenvalue weighted by Crippen LogP contribution is 2.22. The van der Waals surface area contributed by atoms with Crippen LogP contribution < -0.4 is 5.32 Å². The predicted octanol–water partition coefficient (Wildman–Crippen LogP) is -3.56. The lowest BCUT2D eigenvalue weighted by molar-refractivity contribution is -0.303. The summed E-state index contributed by atoms with van der Waals surface area (Å²) in [5.41, 5.74) is 0. The Labute approximate surface area is 139 Å². The van der Waals surface area contributed by atoms with Gasteiger partial charge in [0, 0.05) is 6.42 Å². The zero-order valence-corrected chi connectivity index (χ0v) is 13.6.